The third-order valence-corrected chi connectivity index (χ3v) is 3.54. The standard InChI is InChI=1S/C15H20ClN3O4.ClH/c1-22-12-3-2-10(16)8-11(12)19-14(20)4-5-18-15(21)13-9-17-6-7-23-13;/h2-3,8,13,17H,4-7,9H2,1H3,(H,18,21)(H,19,20);1H. The molecule has 1 aromatic rings. The molecule has 1 aliphatic heterocycles. The van der Waals surface area contributed by atoms with Gasteiger partial charge in [-0.3, -0.25) is 9.59 Å². The highest BCUT2D eigenvalue weighted by molar-refractivity contribution is 6.31. The lowest BCUT2D eigenvalue weighted by atomic mass is 10.2. The fraction of sp³-hybridized carbons (Fsp3) is 0.467. The molecule has 0 aromatic heterocycles. The summed E-state index contributed by atoms with van der Waals surface area (Å²) in [6.07, 6.45) is -0.360. The maximum atomic E-state index is 11.9. The van der Waals surface area contributed by atoms with Crippen LogP contribution in [0.4, 0.5) is 5.69 Å². The van der Waals surface area contributed by atoms with Crippen LogP contribution in [-0.4, -0.2) is 51.3 Å². The zero-order chi connectivity index (χ0) is 16.7. The van der Waals surface area contributed by atoms with E-state index in [4.69, 9.17) is 21.1 Å². The molecule has 2 rings (SSSR count). The van der Waals surface area contributed by atoms with Crippen molar-refractivity contribution in [1.82, 2.24) is 10.6 Å². The molecule has 1 aliphatic rings. The van der Waals surface area contributed by atoms with Crippen LogP contribution in [0.3, 0.4) is 0 Å². The molecule has 9 heteroatoms. The second-order valence-electron chi connectivity index (χ2n) is 5.00. The molecule has 1 atom stereocenters. The van der Waals surface area contributed by atoms with E-state index >= 15 is 0 Å². The van der Waals surface area contributed by atoms with E-state index in [0.29, 0.717) is 29.6 Å². The fourth-order valence-corrected chi connectivity index (χ4v) is 2.31. The molecule has 7 nitrogen and oxygen atoms in total. The molecule has 0 radical (unpaired) electrons. The van der Waals surface area contributed by atoms with E-state index in [0.717, 1.165) is 6.54 Å². The largest absolute Gasteiger partial charge is 0.495 e. The summed E-state index contributed by atoms with van der Waals surface area (Å²) < 4.78 is 10.5. The lowest BCUT2D eigenvalue weighted by Gasteiger charge is -2.22. The van der Waals surface area contributed by atoms with Gasteiger partial charge in [0.15, 0.2) is 0 Å². The van der Waals surface area contributed by atoms with Gasteiger partial charge in [0, 0.05) is 31.1 Å². The summed E-state index contributed by atoms with van der Waals surface area (Å²) in [5.74, 6) is 0.0624. The highest BCUT2D eigenvalue weighted by atomic mass is 35.5. The van der Waals surface area contributed by atoms with E-state index in [1.54, 1.807) is 18.2 Å². The van der Waals surface area contributed by atoms with Crippen molar-refractivity contribution in [3.8, 4) is 5.75 Å². The van der Waals surface area contributed by atoms with Crippen molar-refractivity contribution < 1.29 is 19.1 Å². The molecule has 0 saturated carbocycles. The lowest BCUT2D eigenvalue weighted by Crippen LogP contribution is -2.48. The van der Waals surface area contributed by atoms with Crippen LogP contribution in [0, 0.1) is 0 Å². The summed E-state index contributed by atoms with van der Waals surface area (Å²) >= 11 is 5.91. The van der Waals surface area contributed by atoms with Crippen molar-refractivity contribution in [2.45, 2.75) is 12.5 Å². The monoisotopic (exact) mass is 377 g/mol. The Balaban J connectivity index is 0.00000288. The van der Waals surface area contributed by atoms with Crippen molar-refractivity contribution in [2.24, 2.45) is 0 Å². The number of nitrogens with one attached hydrogen (secondary N) is 3. The number of ether oxygens (including phenoxy) is 2. The molecule has 2 amide bonds. The van der Waals surface area contributed by atoms with Gasteiger partial charge in [0.2, 0.25) is 11.8 Å². The van der Waals surface area contributed by atoms with Gasteiger partial charge in [-0.15, -0.1) is 12.4 Å². The first-order valence-corrected chi connectivity index (χ1v) is 7.71. The first-order valence-electron chi connectivity index (χ1n) is 7.33. The topological polar surface area (TPSA) is 88.7 Å². The van der Waals surface area contributed by atoms with Crippen LogP contribution in [0.25, 0.3) is 0 Å². The Bertz CT molecular complexity index is 566. The third kappa shape index (κ3) is 6.16. The van der Waals surface area contributed by atoms with Gasteiger partial charge in [-0.2, -0.15) is 0 Å². The molecule has 24 heavy (non-hydrogen) atoms. The van der Waals surface area contributed by atoms with Gasteiger partial charge in [-0.25, -0.2) is 0 Å². The molecule has 1 aromatic carbocycles. The number of morpholine rings is 1. The minimum atomic E-state index is -0.500. The Labute approximate surface area is 151 Å². The Hall–Kier alpha value is -1.54. The summed E-state index contributed by atoms with van der Waals surface area (Å²) in [5, 5.41) is 8.97. The number of amides is 2. The normalized spacial score (nSPS) is 16.7. The molecular formula is C15H21Cl2N3O4. The number of anilines is 1. The maximum absolute atomic E-state index is 11.9. The number of rotatable bonds is 6. The van der Waals surface area contributed by atoms with Crippen molar-refractivity contribution in [3.05, 3.63) is 23.2 Å². The second kappa shape index (κ2) is 10.4. The average Bonchev–Trinajstić information content (AvgIpc) is 2.56. The zero-order valence-electron chi connectivity index (χ0n) is 13.3. The number of halogens is 2. The van der Waals surface area contributed by atoms with Crippen LogP contribution < -0.4 is 20.7 Å². The number of carbonyl (C=O) groups excluding carboxylic acids is 2. The number of hydrogen-bond donors (Lipinski definition) is 3. The third-order valence-electron chi connectivity index (χ3n) is 3.31. The van der Waals surface area contributed by atoms with Gasteiger partial charge in [-0.1, -0.05) is 11.6 Å². The minimum Gasteiger partial charge on any atom is -0.495 e. The maximum Gasteiger partial charge on any atom is 0.250 e. The van der Waals surface area contributed by atoms with Crippen molar-refractivity contribution in [3.63, 3.8) is 0 Å². The van der Waals surface area contributed by atoms with E-state index < -0.39 is 6.10 Å². The Morgan fingerprint density at radius 1 is 1.46 bits per heavy atom. The van der Waals surface area contributed by atoms with Crippen LogP contribution in [0.15, 0.2) is 18.2 Å². The predicted molar refractivity (Wildman–Crippen MR) is 94.1 cm³/mol. The van der Waals surface area contributed by atoms with Gasteiger partial charge in [0.1, 0.15) is 11.9 Å². The smallest absolute Gasteiger partial charge is 0.250 e. The summed E-state index contributed by atoms with van der Waals surface area (Å²) in [7, 11) is 1.51. The average molecular weight is 378 g/mol. The van der Waals surface area contributed by atoms with E-state index in [9.17, 15) is 9.59 Å². The second-order valence-corrected chi connectivity index (χ2v) is 5.43. The summed E-state index contributed by atoms with van der Waals surface area (Å²) in [5.41, 5.74) is 0.496. The quantitative estimate of drug-likeness (QED) is 0.693. The van der Waals surface area contributed by atoms with E-state index in [-0.39, 0.29) is 37.2 Å². The predicted octanol–water partition coefficient (Wildman–Crippen LogP) is 1.20. The molecule has 1 unspecified atom stereocenters. The molecule has 1 fully saturated rings. The molecular weight excluding hydrogens is 357 g/mol. The summed E-state index contributed by atoms with van der Waals surface area (Å²) in [4.78, 5) is 23.8. The molecule has 0 spiro atoms. The van der Waals surface area contributed by atoms with E-state index in [1.807, 2.05) is 0 Å². The van der Waals surface area contributed by atoms with E-state index in [1.165, 1.54) is 7.11 Å². The first-order chi connectivity index (χ1) is 11.1. The number of benzene rings is 1. The van der Waals surface area contributed by atoms with Crippen molar-refractivity contribution in [2.75, 3.05) is 38.7 Å². The van der Waals surface area contributed by atoms with Gasteiger partial charge in [0.25, 0.3) is 0 Å². The SMILES string of the molecule is COc1ccc(Cl)cc1NC(=O)CCNC(=O)C1CNCCO1.Cl. The first kappa shape index (κ1) is 20.5. The van der Waals surface area contributed by atoms with Gasteiger partial charge in [-0.05, 0) is 18.2 Å². The Morgan fingerprint density at radius 3 is 2.92 bits per heavy atom. The summed E-state index contributed by atoms with van der Waals surface area (Å²) in [6.45, 7) is 1.96. The molecule has 3 N–H and O–H groups in total. The van der Waals surface area contributed by atoms with Gasteiger partial charge >= 0.3 is 0 Å². The van der Waals surface area contributed by atoms with Crippen LogP contribution in [-0.2, 0) is 14.3 Å². The number of methoxy groups -OCH3 is 1. The highest BCUT2D eigenvalue weighted by Gasteiger charge is 2.21. The molecule has 134 valence electrons. The highest BCUT2D eigenvalue weighted by Crippen LogP contribution is 2.27. The van der Waals surface area contributed by atoms with Crippen LogP contribution in [0.5, 0.6) is 5.75 Å². The summed E-state index contributed by atoms with van der Waals surface area (Å²) in [6, 6.07) is 4.96. The number of hydrogen-bond acceptors (Lipinski definition) is 5. The van der Waals surface area contributed by atoms with Crippen LogP contribution in [0.1, 0.15) is 6.42 Å². The minimum absolute atomic E-state index is 0. The van der Waals surface area contributed by atoms with Gasteiger partial charge in [0.05, 0.1) is 19.4 Å². The zero-order valence-corrected chi connectivity index (χ0v) is 14.8. The van der Waals surface area contributed by atoms with Crippen LogP contribution >= 0.6 is 24.0 Å². The molecule has 0 bridgehead atoms. The Morgan fingerprint density at radius 2 is 2.25 bits per heavy atom. The van der Waals surface area contributed by atoms with Crippen molar-refractivity contribution >= 4 is 41.5 Å². The van der Waals surface area contributed by atoms with E-state index in [2.05, 4.69) is 16.0 Å². The molecule has 1 saturated heterocycles. The molecule has 0 aliphatic carbocycles. The number of carbonyl (C=O) groups is 2. The van der Waals surface area contributed by atoms with Crippen LogP contribution in [0.2, 0.25) is 5.02 Å². The van der Waals surface area contributed by atoms with Crippen molar-refractivity contribution in [1.29, 1.82) is 0 Å². The lowest BCUT2D eigenvalue weighted by molar-refractivity contribution is -0.134. The Kier molecular flexibility index (Phi) is 8.84. The van der Waals surface area contributed by atoms with Gasteiger partial charge < -0.3 is 25.4 Å². The fourth-order valence-electron chi connectivity index (χ4n) is 2.14. The molecule has 1 heterocycles.